The summed E-state index contributed by atoms with van der Waals surface area (Å²) < 4.78 is 5.13. The molecule has 1 aliphatic rings. The number of amides is 1. The third-order valence-electron chi connectivity index (χ3n) is 3.02. The average molecular weight is 258 g/mol. The van der Waals surface area contributed by atoms with Gasteiger partial charge in [0.05, 0.1) is 5.60 Å². The molecule has 0 aromatic rings. The molecule has 0 radical (unpaired) electrons. The van der Waals surface area contributed by atoms with Gasteiger partial charge in [0, 0.05) is 6.54 Å². The van der Waals surface area contributed by atoms with Crippen LogP contribution >= 0.6 is 0 Å². The number of carbonyl (C=O) groups is 1. The predicted molar refractivity (Wildman–Crippen MR) is 70.5 cm³/mol. The minimum Gasteiger partial charge on any atom is -0.444 e. The highest BCUT2D eigenvalue weighted by Gasteiger charge is 2.28. The lowest BCUT2D eigenvalue weighted by Crippen LogP contribution is -2.42. The zero-order valence-corrected chi connectivity index (χ0v) is 11.7. The van der Waals surface area contributed by atoms with Gasteiger partial charge in [-0.25, -0.2) is 4.79 Å². The Balaban J connectivity index is 2.12. The molecule has 5 heteroatoms. The normalized spacial score (nSPS) is 19.3. The predicted octanol–water partition coefficient (Wildman–Crippen LogP) is 1.41. The van der Waals surface area contributed by atoms with Crippen molar-refractivity contribution in [1.82, 2.24) is 10.6 Å². The van der Waals surface area contributed by atoms with E-state index < -0.39 is 11.2 Å². The van der Waals surface area contributed by atoms with Crippen molar-refractivity contribution in [2.75, 3.05) is 19.6 Å². The summed E-state index contributed by atoms with van der Waals surface area (Å²) in [4.78, 5) is 11.4. The van der Waals surface area contributed by atoms with Crippen LogP contribution in [0.2, 0.25) is 0 Å². The van der Waals surface area contributed by atoms with Crippen LogP contribution in [0.5, 0.6) is 0 Å². The zero-order chi connectivity index (χ0) is 13.6. The number of nitrogens with one attached hydrogen (secondary N) is 2. The number of aliphatic hydroxyl groups is 1. The van der Waals surface area contributed by atoms with Crippen molar-refractivity contribution < 1.29 is 14.6 Å². The second-order valence-electron chi connectivity index (χ2n) is 6.01. The zero-order valence-electron chi connectivity index (χ0n) is 11.7. The molecule has 1 heterocycles. The van der Waals surface area contributed by atoms with Gasteiger partial charge in [0.15, 0.2) is 0 Å². The van der Waals surface area contributed by atoms with E-state index in [1.165, 1.54) is 0 Å². The highest BCUT2D eigenvalue weighted by molar-refractivity contribution is 5.67. The molecule has 0 bridgehead atoms. The van der Waals surface area contributed by atoms with Gasteiger partial charge >= 0.3 is 6.09 Å². The van der Waals surface area contributed by atoms with Crippen LogP contribution in [-0.2, 0) is 4.74 Å². The number of rotatable bonds is 4. The molecule has 0 aliphatic carbocycles. The molecule has 0 spiro atoms. The van der Waals surface area contributed by atoms with Crippen LogP contribution in [0.15, 0.2) is 0 Å². The third kappa shape index (κ3) is 6.21. The van der Waals surface area contributed by atoms with Crippen molar-refractivity contribution in [3.63, 3.8) is 0 Å². The molecule has 0 aromatic carbocycles. The molecule has 18 heavy (non-hydrogen) atoms. The number of alkyl carbamates (subject to hydrolysis) is 1. The summed E-state index contributed by atoms with van der Waals surface area (Å²) in [6.07, 6.45) is 2.69. The van der Waals surface area contributed by atoms with Crippen molar-refractivity contribution in [2.24, 2.45) is 0 Å². The molecule has 3 N–H and O–H groups in total. The number of ether oxygens (including phenoxy) is 1. The molecule has 5 nitrogen and oxygen atoms in total. The second kappa shape index (κ2) is 6.38. The van der Waals surface area contributed by atoms with Gasteiger partial charge in [-0.1, -0.05) is 0 Å². The third-order valence-corrected chi connectivity index (χ3v) is 3.02. The number of hydrogen-bond donors (Lipinski definition) is 3. The summed E-state index contributed by atoms with van der Waals surface area (Å²) >= 11 is 0. The maximum atomic E-state index is 11.4. The lowest BCUT2D eigenvalue weighted by molar-refractivity contribution is 0.000402. The molecule has 1 aliphatic heterocycles. The van der Waals surface area contributed by atoms with Crippen LogP contribution in [0.4, 0.5) is 4.79 Å². The van der Waals surface area contributed by atoms with Crippen molar-refractivity contribution in [3.8, 4) is 0 Å². The van der Waals surface area contributed by atoms with Crippen LogP contribution in [0, 0.1) is 0 Å². The molecule has 106 valence electrons. The first kappa shape index (κ1) is 15.2. The minimum atomic E-state index is -0.555. The lowest BCUT2D eigenvalue weighted by atomic mass is 9.88. The summed E-state index contributed by atoms with van der Waals surface area (Å²) in [6.45, 7) is 7.80. The fraction of sp³-hybridized carbons (Fsp3) is 0.923. The van der Waals surface area contributed by atoms with Crippen LogP contribution in [0.3, 0.4) is 0 Å². The summed E-state index contributed by atoms with van der Waals surface area (Å²) in [5, 5.41) is 16.2. The van der Waals surface area contributed by atoms with E-state index in [1.54, 1.807) is 0 Å². The highest BCUT2D eigenvalue weighted by Crippen LogP contribution is 2.23. The Bertz CT molecular complexity index is 268. The number of hydrogen-bond acceptors (Lipinski definition) is 4. The molecular formula is C13H26N2O3. The largest absolute Gasteiger partial charge is 0.444 e. The first-order valence-corrected chi connectivity index (χ1v) is 6.71. The van der Waals surface area contributed by atoms with E-state index in [0.29, 0.717) is 6.54 Å². The summed E-state index contributed by atoms with van der Waals surface area (Å²) in [5.41, 5.74) is -1.02. The first-order chi connectivity index (χ1) is 8.31. The Morgan fingerprint density at radius 1 is 1.39 bits per heavy atom. The molecule has 1 rings (SSSR count). The lowest BCUT2D eigenvalue weighted by Gasteiger charge is -2.32. The van der Waals surface area contributed by atoms with E-state index in [2.05, 4.69) is 10.6 Å². The van der Waals surface area contributed by atoms with Gasteiger partial charge in [-0.05, 0) is 59.5 Å². The molecule has 0 aromatic heterocycles. The average Bonchev–Trinajstić information content (AvgIpc) is 2.23. The van der Waals surface area contributed by atoms with E-state index >= 15 is 0 Å². The highest BCUT2D eigenvalue weighted by atomic mass is 16.6. The molecule has 1 fully saturated rings. The Labute approximate surface area is 109 Å². The van der Waals surface area contributed by atoms with E-state index in [9.17, 15) is 9.90 Å². The van der Waals surface area contributed by atoms with Crippen molar-refractivity contribution in [3.05, 3.63) is 0 Å². The van der Waals surface area contributed by atoms with E-state index in [4.69, 9.17) is 4.74 Å². The van der Waals surface area contributed by atoms with Crippen LogP contribution < -0.4 is 10.6 Å². The van der Waals surface area contributed by atoms with Gasteiger partial charge in [0.25, 0.3) is 0 Å². The second-order valence-corrected chi connectivity index (χ2v) is 6.01. The van der Waals surface area contributed by atoms with Gasteiger partial charge in [-0.2, -0.15) is 0 Å². The van der Waals surface area contributed by atoms with Crippen molar-refractivity contribution in [1.29, 1.82) is 0 Å². The fourth-order valence-corrected chi connectivity index (χ4v) is 2.06. The molecule has 0 saturated carbocycles. The summed E-state index contributed by atoms with van der Waals surface area (Å²) in [7, 11) is 0. The number of carbonyl (C=O) groups excluding carboxylic acids is 1. The van der Waals surface area contributed by atoms with Gasteiger partial charge < -0.3 is 20.5 Å². The first-order valence-electron chi connectivity index (χ1n) is 6.71. The minimum absolute atomic E-state index is 0.389. The smallest absolute Gasteiger partial charge is 0.407 e. The molecule has 0 unspecified atom stereocenters. The van der Waals surface area contributed by atoms with Crippen LogP contribution in [0.25, 0.3) is 0 Å². The van der Waals surface area contributed by atoms with Gasteiger partial charge in [-0.15, -0.1) is 0 Å². The fourth-order valence-electron chi connectivity index (χ4n) is 2.06. The SMILES string of the molecule is CC(C)(C)OC(=O)NCCCC1(O)CCNCC1. The van der Waals surface area contributed by atoms with Gasteiger partial charge in [-0.3, -0.25) is 0 Å². The van der Waals surface area contributed by atoms with Gasteiger partial charge in [0.1, 0.15) is 5.60 Å². The molecular weight excluding hydrogens is 232 g/mol. The molecule has 1 amide bonds. The van der Waals surface area contributed by atoms with E-state index in [1.807, 2.05) is 20.8 Å². The van der Waals surface area contributed by atoms with Crippen molar-refractivity contribution >= 4 is 6.09 Å². The summed E-state index contributed by atoms with van der Waals surface area (Å²) in [5.74, 6) is 0. The monoisotopic (exact) mass is 258 g/mol. The standard InChI is InChI=1S/C13H26N2O3/c1-12(2,3)18-11(16)15-8-4-5-13(17)6-9-14-10-7-13/h14,17H,4-10H2,1-3H3,(H,15,16). The molecule has 1 saturated heterocycles. The van der Waals surface area contributed by atoms with Crippen molar-refractivity contribution in [2.45, 2.75) is 57.7 Å². The maximum Gasteiger partial charge on any atom is 0.407 e. The van der Waals surface area contributed by atoms with E-state index in [-0.39, 0.29) is 6.09 Å². The summed E-state index contributed by atoms with van der Waals surface area (Å²) in [6, 6.07) is 0. The van der Waals surface area contributed by atoms with Crippen LogP contribution in [0.1, 0.15) is 46.5 Å². The Morgan fingerprint density at radius 3 is 2.56 bits per heavy atom. The van der Waals surface area contributed by atoms with Gasteiger partial charge in [0.2, 0.25) is 0 Å². The quantitative estimate of drug-likeness (QED) is 0.667. The Hall–Kier alpha value is -0.810. The Kier molecular flexibility index (Phi) is 5.41. The van der Waals surface area contributed by atoms with E-state index in [0.717, 1.165) is 38.8 Å². The van der Waals surface area contributed by atoms with Crippen LogP contribution in [-0.4, -0.2) is 42.0 Å². The number of piperidine rings is 1. The topological polar surface area (TPSA) is 70.6 Å². The Morgan fingerprint density at radius 2 is 2.00 bits per heavy atom. The molecule has 0 atom stereocenters. The maximum absolute atomic E-state index is 11.4.